The number of hydrogen-bond donors (Lipinski definition) is 1. The molecule has 0 spiro atoms. The predicted molar refractivity (Wildman–Crippen MR) is 178 cm³/mol. The lowest BCUT2D eigenvalue weighted by molar-refractivity contribution is -0.116. The summed E-state index contributed by atoms with van der Waals surface area (Å²) in [6, 6.07) is 23.9. The number of hydroxylamine groups is 1. The number of ether oxygens (including phenoxy) is 1. The molecular weight excluding hydrogens is 604 g/mol. The van der Waals surface area contributed by atoms with Gasteiger partial charge in [-0.3, -0.25) is 9.63 Å². The average molecular weight is 651 g/mol. The van der Waals surface area contributed by atoms with Crippen LogP contribution in [-0.4, -0.2) is 65.9 Å². The first-order chi connectivity index (χ1) is 21.8. The highest BCUT2D eigenvalue weighted by Gasteiger charge is 2.32. The zero-order chi connectivity index (χ0) is 33.3. The van der Waals surface area contributed by atoms with Crippen LogP contribution in [0.3, 0.4) is 0 Å². The van der Waals surface area contributed by atoms with Crippen LogP contribution in [-0.2, 0) is 26.0 Å². The summed E-state index contributed by atoms with van der Waals surface area (Å²) in [6.45, 7) is 5.95. The van der Waals surface area contributed by atoms with Crippen LogP contribution in [0.15, 0.2) is 78.9 Å². The van der Waals surface area contributed by atoms with Crippen LogP contribution < -0.4 is 0 Å². The Morgan fingerprint density at radius 3 is 2.17 bits per heavy atom. The Morgan fingerprint density at radius 1 is 0.935 bits per heavy atom. The summed E-state index contributed by atoms with van der Waals surface area (Å²) >= 11 is 0. The second-order valence-electron chi connectivity index (χ2n) is 12.8. The largest absolute Gasteiger partial charge is 0.446 e. The van der Waals surface area contributed by atoms with Gasteiger partial charge in [0.05, 0.1) is 17.9 Å². The van der Waals surface area contributed by atoms with Gasteiger partial charge in [0.2, 0.25) is 0 Å². The number of carbonyl (C=O) groups is 2. The van der Waals surface area contributed by atoms with E-state index in [1.54, 1.807) is 23.1 Å². The van der Waals surface area contributed by atoms with Crippen molar-refractivity contribution in [1.29, 1.82) is 0 Å². The normalized spacial score (nSPS) is 14.8. The smallest absolute Gasteiger partial charge is 0.410 e. The molecule has 0 aromatic heterocycles. The summed E-state index contributed by atoms with van der Waals surface area (Å²) in [5.74, 6) is -0.731. The third kappa shape index (κ3) is 9.64. The van der Waals surface area contributed by atoms with E-state index in [-0.39, 0.29) is 18.3 Å². The van der Waals surface area contributed by atoms with Crippen LogP contribution in [0.25, 0.3) is 11.1 Å². The molecule has 9 nitrogen and oxygen atoms in total. The minimum atomic E-state index is -4.02. The van der Waals surface area contributed by atoms with E-state index in [2.05, 4.69) is 0 Å². The number of amides is 2. The monoisotopic (exact) mass is 650 g/mol. The van der Waals surface area contributed by atoms with E-state index in [4.69, 9.17) is 9.57 Å². The maximum atomic E-state index is 14.0. The fraction of sp³-hybridized carbons (Fsp3) is 0.444. The van der Waals surface area contributed by atoms with Gasteiger partial charge in [0, 0.05) is 12.1 Å². The number of nitrogens with zero attached hydrogens (tertiary/aromatic N) is 2. The Bertz CT molecular complexity index is 1550. The molecule has 0 unspecified atom stereocenters. The second-order valence-corrected chi connectivity index (χ2v) is 14.6. The fourth-order valence-electron chi connectivity index (χ4n) is 5.62. The first-order valence-electron chi connectivity index (χ1n) is 15.9. The lowest BCUT2D eigenvalue weighted by atomic mass is 9.95. The summed E-state index contributed by atoms with van der Waals surface area (Å²) in [5.41, 5.74) is 2.55. The molecule has 0 aliphatic heterocycles. The second kappa shape index (κ2) is 15.7. The molecule has 3 aromatic rings. The summed E-state index contributed by atoms with van der Waals surface area (Å²) in [7, 11) is -4.02. The Hall–Kier alpha value is -3.73. The number of sulfonamides is 1. The van der Waals surface area contributed by atoms with Crippen molar-refractivity contribution in [3.63, 3.8) is 0 Å². The van der Waals surface area contributed by atoms with Crippen molar-refractivity contribution >= 4 is 22.0 Å². The van der Waals surface area contributed by atoms with E-state index in [9.17, 15) is 23.1 Å². The van der Waals surface area contributed by atoms with Crippen molar-refractivity contribution in [3.8, 4) is 11.1 Å². The zero-order valence-electron chi connectivity index (χ0n) is 27.2. The zero-order valence-corrected chi connectivity index (χ0v) is 28.0. The van der Waals surface area contributed by atoms with Gasteiger partial charge in [-0.1, -0.05) is 92.1 Å². The minimum Gasteiger partial charge on any atom is -0.446 e. The molecule has 3 aromatic carbocycles. The molecule has 248 valence electrons. The van der Waals surface area contributed by atoms with E-state index >= 15 is 0 Å². The molecule has 1 saturated carbocycles. The molecule has 46 heavy (non-hydrogen) atoms. The molecule has 1 N–H and O–H groups in total. The Labute approximate surface area is 273 Å². The van der Waals surface area contributed by atoms with Gasteiger partial charge in [-0.2, -0.15) is 0 Å². The highest BCUT2D eigenvalue weighted by molar-refractivity contribution is 7.88. The standard InChI is InChI=1S/C36H46N2O7S/c1-36(2,3)37(35(41)44-26-33(39)29-18-10-6-11-19-29)24-14-15-27-22-23-31(28-16-8-5-9-17-28)32(25-27)34(40)38(46(4,42)43)45-30-20-12-7-13-21-30/h5-6,8-11,16-19,22-23,25,30,33,39H,7,12-15,20-21,24,26H2,1-4H3/t33-/m0/s1. The van der Waals surface area contributed by atoms with Crippen LogP contribution in [0.2, 0.25) is 0 Å². The molecule has 1 fully saturated rings. The van der Waals surface area contributed by atoms with Crippen LogP contribution in [0.5, 0.6) is 0 Å². The maximum absolute atomic E-state index is 14.0. The highest BCUT2D eigenvalue weighted by Crippen LogP contribution is 2.29. The molecule has 0 saturated heterocycles. The molecule has 4 rings (SSSR count). The lowest BCUT2D eigenvalue weighted by Crippen LogP contribution is -2.46. The number of aryl methyl sites for hydroxylation is 1. The van der Waals surface area contributed by atoms with Gasteiger partial charge in [0.25, 0.3) is 15.9 Å². The van der Waals surface area contributed by atoms with Crippen molar-refractivity contribution in [2.24, 2.45) is 0 Å². The van der Waals surface area contributed by atoms with Crippen molar-refractivity contribution < 1.29 is 32.7 Å². The van der Waals surface area contributed by atoms with Crippen molar-refractivity contribution in [3.05, 3.63) is 95.6 Å². The lowest BCUT2D eigenvalue weighted by Gasteiger charge is -2.35. The highest BCUT2D eigenvalue weighted by atomic mass is 32.2. The Morgan fingerprint density at radius 2 is 1.57 bits per heavy atom. The van der Waals surface area contributed by atoms with Crippen LogP contribution in [0.1, 0.15) is 86.9 Å². The number of aliphatic hydroxyl groups excluding tert-OH is 1. The van der Waals surface area contributed by atoms with Crippen molar-refractivity contribution in [2.45, 2.75) is 83.5 Å². The summed E-state index contributed by atoms with van der Waals surface area (Å²) in [6.07, 6.45) is 4.57. The van der Waals surface area contributed by atoms with E-state index in [0.29, 0.717) is 47.8 Å². The summed E-state index contributed by atoms with van der Waals surface area (Å²) in [5, 5.41) is 10.5. The van der Waals surface area contributed by atoms with Gasteiger partial charge in [-0.05, 0) is 74.8 Å². The quantitative estimate of drug-likeness (QED) is 0.212. The maximum Gasteiger partial charge on any atom is 0.410 e. The molecule has 1 aliphatic rings. The third-order valence-electron chi connectivity index (χ3n) is 8.09. The molecule has 0 heterocycles. The molecule has 0 bridgehead atoms. The molecule has 10 heteroatoms. The van der Waals surface area contributed by atoms with Gasteiger partial charge < -0.3 is 14.7 Å². The Kier molecular flexibility index (Phi) is 12.0. The van der Waals surface area contributed by atoms with Crippen LogP contribution in [0.4, 0.5) is 4.79 Å². The fourth-order valence-corrected chi connectivity index (χ4v) is 6.29. The van der Waals surface area contributed by atoms with Gasteiger partial charge in [0.1, 0.15) is 12.7 Å². The van der Waals surface area contributed by atoms with E-state index in [1.807, 2.05) is 81.4 Å². The molecular formula is C36H46N2O7S. The minimum absolute atomic E-state index is 0.165. The first-order valence-corrected chi connectivity index (χ1v) is 17.8. The average Bonchev–Trinajstić information content (AvgIpc) is 3.04. The third-order valence-corrected chi connectivity index (χ3v) is 8.94. The van der Waals surface area contributed by atoms with Gasteiger partial charge >= 0.3 is 6.09 Å². The van der Waals surface area contributed by atoms with Crippen LogP contribution in [0, 0.1) is 0 Å². The number of hydrogen-bond acceptors (Lipinski definition) is 7. The molecule has 1 atom stereocenters. The molecule has 1 aliphatic carbocycles. The van der Waals surface area contributed by atoms with Crippen molar-refractivity contribution in [1.82, 2.24) is 9.37 Å². The van der Waals surface area contributed by atoms with Crippen molar-refractivity contribution in [2.75, 3.05) is 19.4 Å². The summed E-state index contributed by atoms with van der Waals surface area (Å²) in [4.78, 5) is 34.6. The van der Waals surface area contributed by atoms with Gasteiger partial charge in [-0.25, -0.2) is 13.2 Å². The van der Waals surface area contributed by atoms with E-state index in [1.165, 1.54) is 0 Å². The van der Waals surface area contributed by atoms with E-state index in [0.717, 1.165) is 36.6 Å². The summed E-state index contributed by atoms with van der Waals surface area (Å²) < 4.78 is 31.8. The predicted octanol–water partition coefficient (Wildman–Crippen LogP) is 6.92. The van der Waals surface area contributed by atoms with E-state index < -0.39 is 33.7 Å². The topological polar surface area (TPSA) is 113 Å². The molecule has 0 radical (unpaired) electrons. The first kappa shape index (κ1) is 35.1. The number of aliphatic hydroxyl groups is 1. The number of carbonyl (C=O) groups excluding carboxylic acids is 2. The van der Waals surface area contributed by atoms with Gasteiger partial charge in [-0.15, -0.1) is 4.47 Å². The number of benzene rings is 3. The van der Waals surface area contributed by atoms with Crippen LogP contribution >= 0.6 is 0 Å². The van der Waals surface area contributed by atoms with Gasteiger partial charge in [0.15, 0.2) is 0 Å². The molecule has 2 amide bonds. The number of rotatable bonds is 12. The SMILES string of the molecule is CC(C)(C)N(CCCc1ccc(-c2ccccc2)c(C(=O)N(OC2CCCCC2)S(C)(=O)=O)c1)C(=O)OC[C@H](O)c1ccccc1. The Balaban J connectivity index is 1.51.